The summed E-state index contributed by atoms with van der Waals surface area (Å²) in [5, 5.41) is 58.7. The number of piperazine rings is 2. The highest BCUT2D eigenvalue weighted by Crippen LogP contribution is 2.26. The van der Waals surface area contributed by atoms with Gasteiger partial charge >= 0.3 is 11.9 Å². The highest BCUT2D eigenvalue weighted by molar-refractivity contribution is 5.82. The van der Waals surface area contributed by atoms with Crippen molar-refractivity contribution in [3.05, 3.63) is 83.4 Å². The number of hydrogen-bond acceptors (Lipinski definition) is 21. The number of halogens is 1. The van der Waals surface area contributed by atoms with Crippen LogP contribution in [0.15, 0.2) is 60.9 Å². The molecule has 5 heterocycles. The molecule has 5 aromatic rings. The quantitative estimate of drug-likeness (QED) is 0.0193. The molecule has 4 unspecified atom stereocenters. The molecule has 78 heavy (non-hydrogen) atoms. The van der Waals surface area contributed by atoms with E-state index in [9.17, 15) is 39.6 Å². The number of benzene rings is 2. The van der Waals surface area contributed by atoms with Gasteiger partial charge in [-0.2, -0.15) is 15.0 Å². The molecule has 2 aliphatic heterocycles. The van der Waals surface area contributed by atoms with Crippen LogP contribution in [-0.4, -0.2) is 197 Å². The summed E-state index contributed by atoms with van der Waals surface area (Å²) in [6.07, 6.45) is 8.49. The van der Waals surface area contributed by atoms with Crippen LogP contribution in [0.5, 0.6) is 11.5 Å². The molecule has 28 heteroatoms. The van der Waals surface area contributed by atoms with E-state index in [2.05, 4.69) is 31.9 Å². The largest absolute Gasteiger partial charge is 1.00 e. The zero-order valence-corrected chi connectivity index (χ0v) is 43.8. The Hall–Kier alpha value is -7.74. The molecule has 2 aromatic carbocycles. The Morgan fingerprint density at radius 1 is 0.615 bits per heavy atom. The van der Waals surface area contributed by atoms with Gasteiger partial charge < -0.3 is 83.4 Å². The molecule has 0 bridgehead atoms. The highest BCUT2D eigenvalue weighted by atomic mass is 35.5. The van der Waals surface area contributed by atoms with Crippen molar-refractivity contribution in [2.24, 2.45) is 11.5 Å². The number of phenols is 2. The van der Waals surface area contributed by atoms with E-state index in [-0.39, 0.29) is 100 Å². The van der Waals surface area contributed by atoms with Gasteiger partial charge in [0.05, 0.1) is 68.9 Å². The number of carboxylic acids is 2. The number of aromatic hydroxyl groups is 2. The minimum Gasteiger partial charge on any atom is -1.00 e. The Balaban J connectivity index is 0.00000984. The highest BCUT2D eigenvalue weighted by Gasteiger charge is 2.34. The first-order chi connectivity index (χ1) is 37.2. The number of carbonyl (C=O) groups excluding carboxylic acids is 2. The van der Waals surface area contributed by atoms with E-state index in [1.165, 1.54) is 9.36 Å². The molecular formula is C50H66ClN16O11-. The van der Waals surface area contributed by atoms with Gasteiger partial charge in [0.1, 0.15) is 30.2 Å². The molecular weight excluding hydrogens is 1040 g/mol. The number of amides is 2. The normalized spacial score (nSPS) is 15.2. The van der Waals surface area contributed by atoms with Crippen LogP contribution in [-0.2, 0) is 46.2 Å². The first-order valence-corrected chi connectivity index (χ1v) is 25.3. The Bertz CT molecular complexity index is 2580. The molecule has 2 aliphatic rings. The summed E-state index contributed by atoms with van der Waals surface area (Å²) in [7, 11) is 0. The average Bonchev–Trinajstić information content (AvgIpc) is 4.18. The number of carboxylic acid groups (broad SMARTS) is 2. The summed E-state index contributed by atoms with van der Waals surface area (Å²) in [5.41, 5.74) is 15.5. The van der Waals surface area contributed by atoms with E-state index in [1.807, 2.05) is 9.80 Å². The van der Waals surface area contributed by atoms with Crippen LogP contribution in [0.3, 0.4) is 0 Å². The van der Waals surface area contributed by atoms with Gasteiger partial charge in [0.15, 0.2) is 0 Å². The van der Waals surface area contributed by atoms with E-state index >= 15 is 0 Å². The monoisotopic (exact) mass is 1100 g/mol. The summed E-state index contributed by atoms with van der Waals surface area (Å²) in [6, 6.07) is 10.2. The number of aliphatic carboxylic acids is 2. The van der Waals surface area contributed by atoms with Crippen molar-refractivity contribution in [3.63, 3.8) is 0 Å². The minimum absolute atomic E-state index is 0. The molecule has 2 amide bonds. The van der Waals surface area contributed by atoms with Gasteiger partial charge in [-0.3, -0.25) is 19.2 Å². The lowest BCUT2D eigenvalue weighted by molar-refractivity contribution is -0.140. The van der Waals surface area contributed by atoms with Crippen LogP contribution in [0.25, 0.3) is 0 Å². The first kappa shape index (κ1) is 59.5. The Morgan fingerprint density at radius 3 is 1.44 bits per heavy atom. The fourth-order valence-electron chi connectivity index (χ4n) is 8.66. The number of carbonyl (C=O) groups is 4. The van der Waals surface area contributed by atoms with Crippen LogP contribution in [0.2, 0.25) is 0 Å². The fourth-order valence-corrected chi connectivity index (χ4v) is 8.66. The smallest absolute Gasteiger partial charge is 0.303 e. The van der Waals surface area contributed by atoms with Gasteiger partial charge in [-0.15, -0.1) is 16.6 Å². The standard InChI is InChI=1S/C50H66N16O11.ClH/c1-2-24-75-26-28-77-29-27-76-25-15-53-48-54-49(63-20-16-61(17-21-63)46(73)42(11-13-44(69)70)65-32-40(57-59-65)38(51)30-34-3-7-36(67)8-4-34)56-50(55-48)64-22-18-62(19-23-64)47(74)43(12-14-45(71)72)66-33-41(58-60-66)39(52)31-35-5-9-37(68)10-6-35;/h1,3-10,32-33,38-39,42-43,67-68H,11-31,51-52H2,(H,69,70)(H,71,72)(H,53,54,55,56);1H/p-1. The van der Waals surface area contributed by atoms with Gasteiger partial charge in [0, 0.05) is 71.7 Å². The van der Waals surface area contributed by atoms with Crippen molar-refractivity contribution < 1.29 is 66.2 Å². The number of nitrogens with two attached hydrogens (primary N) is 2. The minimum atomic E-state index is -1.07. The van der Waals surface area contributed by atoms with E-state index in [1.54, 1.807) is 70.7 Å². The maximum Gasteiger partial charge on any atom is 0.303 e. The van der Waals surface area contributed by atoms with Crippen molar-refractivity contribution in [2.75, 3.05) is 114 Å². The predicted molar refractivity (Wildman–Crippen MR) is 277 cm³/mol. The predicted octanol–water partition coefficient (Wildman–Crippen LogP) is -2.44. The van der Waals surface area contributed by atoms with E-state index < -0.39 is 36.1 Å². The summed E-state index contributed by atoms with van der Waals surface area (Å²) in [6.45, 7) is 4.60. The van der Waals surface area contributed by atoms with E-state index in [0.717, 1.165) is 11.1 Å². The molecule has 3 aromatic heterocycles. The van der Waals surface area contributed by atoms with E-state index in [0.29, 0.717) is 102 Å². The number of hydrogen-bond donors (Lipinski definition) is 7. The number of rotatable bonds is 29. The summed E-state index contributed by atoms with van der Waals surface area (Å²) in [5.74, 6) is 0.821. The average molecular weight is 1100 g/mol. The summed E-state index contributed by atoms with van der Waals surface area (Å²) in [4.78, 5) is 73.5. The molecule has 4 atom stereocenters. The zero-order chi connectivity index (χ0) is 54.7. The third-order valence-electron chi connectivity index (χ3n) is 12.9. The zero-order valence-electron chi connectivity index (χ0n) is 43.0. The van der Waals surface area contributed by atoms with Crippen LogP contribution in [0.1, 0.15) is 72.4 Å². The Labute approximate surface area is 456 Å². The van der Waals surface area contributed by atoms with Gasteiger partial charge in [-0.05, 0) is 61.1 Å². The van der Waals surface area contributed by atoms with Crippen molar-refractivity contribution in [2.45, 2.75) is 62.7 Å². The first-order valence-electron chi connectivity index (χ1n) is 25.3. The number of ether oxygens (including phenoxy) is 3. The van der Waals surface area contributed by atoms with Crippen molar-refractivity contribution in [3.8, 4) is 23.8 Å². The van der Waals surface area contributed by atoms with Crippen LogP contribution >= 0.6 is 0 Å². The second-order valence-electron chi connectivity index (χ2n) is 18.4. The van der Waals surface area contributed by atoms with Gasteiger partial charge in [0.2, 0.25) is 29.7 Å². The van der Waals surface area contributed by atoms with Crippen LogP contribution in [0, 0.1) is 12.3 Å². The second kappa shape index (κ2) is 29.7. The SMILES string of the molecule is C#CCOCCOCCOCCNc1nc(N2CCN(C(=O)C(CCC(=O)O)n3cc(C(N)Cc4ccc(O)cc4)nn3)CC2)nc(N2CCN(C(=O)C(CCC(=O)O)n3cc(C(N)Cc4ccc(O)cc4)nn3)CC2)n1.[Cl-]. The molecule has 0 aliphatic carbocycles. The lowest BCUT2D eigenvalue weighted by Crippen LogP contribution is -3.00. The molecule has 27 nitrogen and oxygen atoms in total. The van der Waals surface area contributed by atoms with Gasteiger partial charge in [-0.1, -0.05) is 40.6 Å². The number of aromatic nitrogens is 9. The molecule has 0 saturated carbocycles. The number of anilines is 3. The Kier molecular flexibility index (Phi) is 22.6. The number of nitrogens with zero attached hydrogens (tertiary/aromatic N) is 13. The summed E-state index contributed by atoms with van der Waals surface area (Å²) < 4.78 is 19.2. The molecule has 9 N–H and O–H groups in total. The topological polar surface area (TPSA) is 354 Å². The molecule has 0 spiro atoms. The van der Waals surface area contributed by atoms with Crippen molar-refractivity contribution in [1.82, 2.24) is 54.7 Å². The van der Waals surface area contributed by atoms with Crippen LogP contribution in [0.4, 0.5) is 17.8 Å². The van der Waals surface area contributed by atoms with Crippen LogP contribution < -0.4 is 39.0 Å². The number of phenolic OH excluding ortho intramolecular Hbond substituents is 2. The molecule has 420 valence electrons. The summed E-state index contributed by atoms with van der Waals surface area (Å²) >= 11 is 0. The van der Waals surface area contributed by atoms with E-state index in [4.69, 9.17) is 47.1 Å². The number of terminal acetylenes is 1. The fraction of sp³-hybridized carbons (Fsp3) is 0.500. The second-order valence-corrected chi connectivity index (χ2v) is 18.4. The maximum absolute atomic E-state index is 14.2. The third kappa shape index (κ3) is 17.4. The van der Waals surface area contributed by atoms with Gasteiger partial charge in [0.25, 0.3) is 0 Å². The lowest BCUT2D eigenvalue weighted by Gasteiger charge is -2.38. The third-order valence-corrected chi connectivity index (χ3v) is 12.9. The maximum atomic E-state index is 14.2. The Morgan fingerprint density at radius 2 is 1.03 bits per heavy atom. The number of nitrogens with one attached hydrogen (secondary N) is 1. The molecule has 2 saturated heterocycles. The molecule has 2 fully saturated rings. The molecule has 0 radical (unpaired) electrons. The van der Waals surface area contributed by atoms with Crippen molar-refractivity contribution in [1.29, 1.82) is 0 Å². The lowest BCUT2D eigenvalue weighted by atomic mass is 10.0. The van der Waals surface area contributed by atoms with Gasteiger partial charge in [-0.25, -0.2) is 9.36 Å². The van der Waals surface area contributed by atoms with Crippen molar-refractivity contribution >= 4 is 41.6 Å². The molecule has 7 rings (SSSR count).